The van der Waals surface area contributed by atoms with Gasteiger partial charge in [0, 0.05) is 78.5 Å². The van der Waals surface area contributed by atoms with Gasteiger partial charge in [-0.05, 0) is 273 Å². The van der Waals surface area contributed by atoms with Crippen LogP contribution in [0, 0.1) is 47.0 Å². The van der Waals surface area contributed by atoms with Gasteiger partial charge in [-0.2, -0.15) is 54.0 Å². The van der Waals surface area contributed by atoms with Crippen LogP contribution in [0.4, 0.5) is 19.2 Å². The first-order chi connectivity index (χ1) is 57.4. The van der Waals surface area contributed by atoms with Crippen molar-refractivity contribution in [1.29, 1.82) is 5.26 Å². The zero-order valence-electron chi connectivity index (χ0n) is 71.1. The monoisotopic (exact) mass is 1730 g/mol. The van der Waals surface area contributed by atoms with Crippen molar-refractivity contribution in [2.45, 2.75) is 274 Å². The van der Waals surface area contributed by atoms with Crippen LogP contribution in [-0.2, 0) is 71.1 Å². The Balaban J connectivity index is 0.000000479. The molecule has 0 aromatic heterocycles. The van der Waals surface area contributed by atoms with Gasteiger partial charge in [-0.1, -0.05) is 19.7 Å². The van der Waals surface area contributed by atoms with Crippen molar-refractivity contribution in [2.75, 3.05) is 167 Å². The average Bonchev–Trinajstić information content (AvgIpc) is 0.885. The molecule has 0 radical (unpaired) electrons. The van der Waals surface area contributed by atoms with Crippen LogP contribution in [0.1, 0.15) is 238 Å². The molecule has 6 rings (SSSR count). The summed E-state index contributed by atoms with van der Waals surface area (Å²) in [4.78, 5) is 62.7. The molecule has 6 aliphatic rings. The molecule has 0 spiro atoms. The van der Waals surface area contributed by atoms with E-state index in [1.54, 1.807) is 6.08 Å². The number of amides is 4. The fourth-order valence-corrected chi connectivity index (χ4v) is 17.2. The summed E-state index contributed by atoms with van der Waals surface area (Å²) in [6, 6.07) is 1.10. The number of unbranched alkanes of at least 4 members (excludes halogenated alkanes) is 5. The van der Waals surface area contributed by atoms with E-state index in [0.29, 0.717) is 99.1 Å². The summed E-state index contributed by atoms with van der Waals surface area (Å²) in [5, 5.41) is 29.0. The van der Waals surface area contributed by atoms with Crippen LogP contribution in [-0.4, -0.2) is 239 Å². The first-order valence-electron chi connectivity index (χ1n) is 44.4. The molecule has 0 aliphatic heterocycles. The highest BCUT2D eigenvalue weighted by Gasteiger charge is 2.32. The van der Waals surface area contributed by atoms with Crippen molar-refractivity contribution < 1.29 is 95.4 Å². The third-order valence-electron chi connectivity index (χ3n) is 22.1. The van der Waals surface area contributed by atoms with E-state index in [9.17, 15) is 24.0 Å². The van der Waals surface area contributed by atoms with Crippen molar-refractivity contribution in [3.05, 3.63) is 38.5 Å². The Kier molecular flexibility index (Phi) is 70.7. The molecule has 6 saturated carbocycles. The number of aliphatic hydroxyl groups excluding tert-OH is 1. The largest absolute Gasteiger partial charge is 0.502 e. The van der Waals surface area contributed by atoms with E-state index in [1.807, 2.05) is 29.8 Å². The number of nitriles is 1. The van der Waals surface area contributed by atoms with Crippen LogP contribution in [0.25, 0.3) is 0 Å². The van der Waals surface area contributed by atoms with Crippen molar-refractivity contribution in [1.82, 2.24) is 21.3 Å². The second-order valence-corrected chi connectivity index (χ2v) is 34.5. The topological polar surface area (TPSA) is 319 Å². The molecule has 117 heavy (non-hydrogen) atoms. The van der Waals surface area contributed by atoms with E-state index >= 15 is 0 Å². The lowest BCUT2D eigenvalue weighted by Gasteiger charge is -2.34. The molecule has 30 heteroatoms. The summed E-state index contributed by atoms with van der Waals surface area (Å²) in [5.74, 6) is 9.78. The van der Waals surface area contributed by atoms with Gasteiger partial charge in [0.2, 0.25) is 6.08 Å². The van der Waals surface area contributed by atoms with E-state index in [0.717, 1.165) is 289 Å². The van der Waals surface area contributed by atoms with Gasteiger partial charge in [0.05, 0.1) is 137 Å². The Hall–Kier alpha value is -4.51. The molecule has 676 valence electrons. The number of hydrogen-bond acceptors (Lipinski definition) is 26. The summed E-state index contributed by atoms with van der Waals surface area (Å²) in [5.41, 5.74) is 0. The van der Waals surface area contributed by atoms with Gasteiger partial charge in [-0.25, -0.2) is 29.0 Å². The van der Waals surface area contributed by atoms with Crippen LogP contribution >= 0.6 is 48.8 Å². The maximum Gasteiger partial charge on any atom is 0.407 e. The van der Waals surface area contributed by atoms with Gasteiger partial charge >= 0.3 is 24.4 Å². The molecule has 6 aliphatic carbocycles. The maximum absolute atomic E-state index is 12.3. The molecule has 0 bridgehead atoms. The van der Waals surface area contributed by atoms with Crippen LogP contribution in [0.3, 0.4) is 0 Å². The van der Waals surface area contributed by atoms with E-state index in [2.05, 4.69) is 71.3 Å². The predicted molar refractivity (Wildman–Crippen MR) is 470 cm³/mol. The van der Waals surface area contributed by atoms with E-state index < -0.39 is 0 Å². The number of carbonyl (C=O) groups is 4. The number of thiol groups is 2. The minimum atomic E-state index is -0.302. The van der Waals surface area contributed by atoms with Crippen LogP contribution in [0.5, 0.6) is 0 Å². The molecule has 0 unspecified atom stereocenters. The highest BCUT2D eigenvalue weighted by atomic mass is 32.2. The molecule has 26 nitrogen and oxygen atoms in total. The highest BCUT2D eigenvalue weighted by Crippen LogP contribution is 2.39. The number of alkyl carbamates (subject to hydrolysis) is 4. The Labute approximate surface area is 722 Å². The number of aliphatic hydroxyl groups is 1. The van der Waals surface area contributed by atoms with Gasteiger partial charge in [0.1, 0.15) is 6.10 Å². The fraction of sp³-hybridized carbons (Fsp3) is 0.862. The van der Waals surface area contributed by atoms with Crippen molar-refractivity contribution >= 4 is 79.2 Å². The van der Waals surface area contributed by atoms with Crippen molar-refractivity contribution in [3.63, 3.8) is 0 Å². The van der Waals surface area contributed by atoms with E-state index in [4.69, 9.17) is 76.7 Å². The van der Waals surface area contributed by atoms with E-state index in [-0.39, 0.29) is 67.3 Å². The van der Waals surface area contributed by atoms with Gasteiger partial charge in [0.15, 0.2) is 0 Å². The molecular formula is C87H154N6O20S4. The molecular weight excluding hydrogens is 1580 g/mol. The predicted octanol–water partition coefficient (Wildman–Crippen LogP) is 17.0. The molecule has 5 N–H and O–H groups in total. The molecule has 0 aromatic carbocycles. The van der Waals surface area contributed by atoms with E-state index in [1.165, 1.54) is 63.7 Å². The molecule has 6 fully saturated rings. The molecule has 0 saturated heterocycles. The number of nitrogens with one attached hydrogen (secondary N) is 4. The molecule has 4 amide bonds. The number of carbonyl (C=O) groups excluding carboxylic acids is 5. The second kappa shape index (κ2) is 77.5. The van der Waals surface area contributed by atoms with Gasteiger partial charge in [-0.15, -0.1) is 0 Å². The fourth-order valence-electron chi connectivity index (χ4n) is 15.6. The molecule has 0 aromatic rings. The highest BCUT2D eigenvalue weighted by molar-refractivity contribution is 7.99. The quantitative estimate of drug-likeness (QED) is 0.00566. The number of thioether (sulfide) groups is 2. The molecule has 0 heterocycles. The lowest BCUT2D eigenvalue weighted by atomic mass is 9.76. The number of nitrogens with zero attached hydrogens (tertiary/aromatic N) is 2. The summed E-state index contributed by atoms with van der Waals surface area (Å²) >= 11 is 11.8. The van der Waals surface area contributed by atoms with Gasteiger partial charge in [-0.3, -0.25) is 0 Å². The lowest BCUT2D eigenvalue weighted by Crippen LogP contribution is -2.39. The zero-order chi connectivity index (χ0) is 84.2. The van der Waals surface area contributed by atoms with Crippen LogP contribution < -0.4 is 21.3 Å². The zero-order valence-corrected chi connectivity index (χ0v) is 74.6. The molecule has 0 atom stereocenters. The standard InChI is InChI=1S/C39H74N2O10S4.C27H46N2O6.C15H22N2O2.C6H12O2/c42-38(50-15-3-1-13-44-23-29-54-31-25-48-19-17-46-21-27-52)40-36-9-5-34(6-10-36)33-35-7-11-37(12-8-35)41-39(43)51-16-4-2-14-45-24-30-55-32-26-49-20-18-47-22-28-53;1-3-32-17-5-7-19-34-26(30)28-24-13-9-22(10-14-24)21-23-11-15-25(16-12-23)29-27(31)35-20-8-6-18-33-4-2;16-10-19-15-7-3-13(4-8-15)9-12-1-5-14(6-2-12)17-11-18;1-2-8-6-4-3-5-7/h34-37,52-53H,1-33H2,(H,40,42)(H,41,43);3-4,22-25H,1-2,5-21H2,(H,28,30)(H,29,31);12-15H,1-9H2;2,7H,1,3-6H2. The summed E-state index contributed by atoms with van der Waals surface area (Å²) in [6.07, 6.45) is 45.2. The second-order valence-electron chi connectivity index (χ2n) is 31.2. The maximum atomic E-state index is 12.3. The van der Waals surface area contributed by atoms with Crippen LogP contribution in [0.15, 0.2) is 43.5 Å². The van der Waals surface area contributed by atoms with Gasteiger partial charge in [0.25, 0.3) is 6.26 Å². The van der Waals surface area contributed by atoms with Crippen molar-refractivity contribution in [3.8, 4) is 6.26 Å². The number of hydrogen-bond donors (Lipinski definition) is 7. The Morgan fingerprint density at radius 2 is 0.632 bits per heavy atom. The normalized spacial score (nSPS) is 22.8. The smallest absolute Gasteiger partial charge is 0.407 e. The minimum Gasteiger partial charge on any atom is -0.502 e. The Bertz CT molecular complexity index is 2370. The van der Waals surface area contributed by atoms with Crippen molar-refractivity contribution in [2.24, 2.45) is 40.5 Å². The Morgan fingerprint density at radius 3 is 0.915 bits per heavy atom. The minimum absolute atomic E-state index is 0.166. The van der Waals surface area contributed by atoms with Crippen LogP contribution in [0.2, 0.25) is 0 Å². The Morgan fingerprint density at radius 1 is 0.368 bits per heavy atom. The summed E-state index contributed by atoms with van der Waals surface area (Å²) in [6.45, 7) is 22.3. The number of rotatable bonds is 61. The first-order valence-corrected chi connectivity index (χ1v) is 48.0. The first kappa shape index (κ1) is 107. The lowest BCUT2D eigenvalue weighted by molar-refractivity contribution is 0.0605. The third-order valence-corrected chi connectivity index (χ3v) is 24.3. The average molecular weight is 1730 g/mol. The number of aliphatic imine (C=N–C) groups is 1. The number of ether oxygens (including phenoxy) is 14. The third kappa shape index (κ3) is 62.3. The summed E-state index contributed by atoms with van der Waals surface area (Å²) in [7, 11) is 0. The number of isocyanates is 1. The summed E-state index contributed by atoms with van der Waals surface area (Å²) < 4.78 is 74.4. The van der Waals surface area contributed by atoms with Gasteiger partial charge < -0.3 is 92.7 Å². The SMILES string of the molecule is C=COCCCCO.C=COCCCCOC(=O)NC1CCC(CC2CCC(NC(=O)OCCCCOC=C)CC2)CC1.N#COC1CCC(CC2CCC(N=C=O)CC2)CC1.O=C(NC1CCC(CC2CCC(NC(=O)OCCCCOCCSCCOCCOCCS)CC2)CC1)OCCCCOCCSCCOCCOCCS.